The van der Waals surface area contributed by atoms with Crippen molar-refractivity contribution in [1.82, 2.24) is 0 Å². The van der Waals surface area contributed by atoms with E-state index in [0.717, 1.165) is 27.5 Å². The zero-order chi connectivity index (χ0) is 27.3. The summed E-state index contributed by atoms with van der Waals surface area (Å²) < 4.78 is 0. The molecule has 192 valence electrons. The quantitative estimate of drug-likeness (QED) is 0.377. The van der Waals surface area contributed by atoms with Crippen LogP contribution in [0.5, 0.6) is 0 Å². The Morgan fingerprint density at radius 1 is 0.632 bits per heavy atom. The molecule has 4 aliphatic carbocycles. The summed E-state index contributed by atoms with van der Waals surface area (Å²) in [6.45, 7) is 18.3. The Labute approximate surface area is 227 Å². The number of hydrogen-bond donors (Lipinski definition) is 0. The number of allylic oxidation sites excluding steroid dienone is 14. The summed E-state index contributed by atoms with van der Waals surface area (Å²) in [6, 6.07) is 14.3. The predicted octanol–water partition coefficient (Wildman–Crippen LogP) is 9.67. The molecule has 0 amide bonds. The van der Waals surface area contributed by atoms with Crippen LogP contribution in [0.1, 0.15) is 65.7 Å². The van der Waals surface area contributed by atoms with E-state index in [4.69, 9.17) is 0 Å². The Kier molecular flexibility index (Phi) is 5.10. The summed E-state index contributed by atoms with van der Waals surface area (Å²) in [4.78, 5) is 14.6. The molecule has 0 spiro atoms. The molecule has 0 fully saturated rings. The fraction of sp³-hybridized carbons (Fsp3) is 0.324. The zero-order valence-corrected chi connectivity index (χ0v) is 24.0. The van der Waals surface area contributed by atoms with Crippen molar-refractivity contribution in [3.63, 3.8) is 0 Å². The number of Topliss-reactive ketones (excluding diaryl/α,β-unsaturated/α-hetero) is 1. The van der Waals surface area contributed by atoms with Crippen LogP contribution in [0.2, 0.25) is 0 Å². The van der Waals surface area contributed by atoms with Crippen LogP contribution in [0.25, 0.3) is 10.8 Å². The first-order chi connectivity index (χ1) is 17.8. The van der Waals surface area contributed by atoms with Gasteiger partial charge in [0.05, 0.1) is 0 Å². The topological polar surface area (TPSA) is 17.1 Å². The minimum Gasteiger partial charge on any atom is -0.289 e. The molecular formula is C37H38O. The largest absolute Gasteiger partial charge is 0.289 e. The van der Waals surface area contributed by atoms with E-state index in [0.29, 0.717) is 0 Å². The molecule has 38 heavy (non-hydrogen) atoms. The lowest BCUT2D eigenvalue weighted by molar-refractivity contribution is 0.103. The summed E-state index contributed by atoms with van der Waals surface area (Å²) in [5.74, 6) is 0.106. The smallest absolute Gasteiger partial charge is 0.193 e. The van der Waals surface area contributed by atoms with Crippen molar-refractivity contribution in [3.8, 4) is 0 Å². The van der Waals surface area contributed by atoms with E-state index in [2.05, 4.69) is 116 Å². The summed E-state index contributed by atoms with van der Waals surface area (Å²) in [7, 11) is 0. The second-order valence-electron chi connectivity index (χ2n) is 13.8. The normalized spacial score (nSPS) is 26.3. The summed E-state index contributed by atoms with van der Waals surface area (Å²) in [6.07, 6.45) is 16.3. The summed E-state index contributed by atoms with van der Waals surface area (Å²) in [5.41, 5.74) is 8.55. The Hall–Kier alpha value is -3.45. The fourth-order valence-electron chi connectivity index (χ4n) is 6.77. The number of carbonyl (C=O) groups excluding carboxylic acids is 1. The molecule has 0 bridgehead atoms. The lowest BCUT2D eigenvalue weighted by atomic mass is 9.44. The van der Waals surface area contributed by atoms with Crippen LogP contribution in [-0.2, 0) is 0 Å². The van der Waals surface area contributed by atoms with E-state index in [1.807, 2.05) is 24.3 Å². The van der Waals surface area contributed by atoms with Crippen molar-refractivity contribution in [2.45, 2.75) is 55.4 Å². The highest BCUT2D eigenvalue weighted by molar-refractivity contribution is 6.18. The lowest BCUT2D eigenvalue weighted by Crippen LogP contribution is -2.49. The molecule has 0 saturated heterocycles. The first-order valence-electron chi connectivity index (χ1n) is 13.8. The van der Waals surface area contributed by atoms with E-state index in [1.54, 1.807) is 0 Å². The van der Waals surface area contributed by atoms with Gasteiger partial charge in [-0.2, -0.15) is 0 Å². The van der Waals surface area contributed by atoms with E-state index < -0.39 is 0 Å². The van der Waals surface area contributed by atoms with Gasteiger partial charge in [-0.3, -0.25) is 4.79 Å². The summed E-state index contributed by atoms with van der Waals surface area (Å²) >= 11 is 0. The third-order valence-electron chi connectivity index (χ3n) is 9.55. The molecule has 1 nitrogen and oxygen atoms in total. The standard InChI is InChI=1S/C37H38O/c1-34(2,3)26-18-24-16-17-25-19-27(35(4,5)6)22-32-31(21-28(20-26)36(24,7)37(25,32)8)33(38)30-15-11-13-23-12-9-10-14-29(23)30/h9-22H,1-8H3/t36-,37-/m1/s1. The molecule has 6 rings (SSSR count). The van der Waals surface area contributed by atoms with Crippen molar-refractivity contribution in [1.29, 1.82) is 0 Å². The second-order valence-corrected chi connectivity index (χ2v) is 13.8. The van der Waals surface area contributed by atoms with Gasteiger partial charge in [0, 0.05) is 22.0 Å². The molecule has 0 radical (unpaired) electrons. The van der Waals surface area contributed by atoms with Crippen LogP contribution in [0, 0.1) is 21.7 Å². The van der Waals surface area contributed by atoms with Crippen LogP contribution in [0.4, 0.5) is 0 Å². The van der Waals surface area contributed by atoms with Gasteiger partial charge in [-0.05, 0) is 61.1 Å². The van der Waals surface area contributed by atoms with Crippen molar-refractivity contribution in [2.75, 3.05) is 0 Å². The molecular weight excluding hydrogens is 460 g/mol. The fourth-order valence-corrected chi connectivity index (χ4v) is 6.77. The Morgan fingerprint density at radius 2 is 1.21 bits per heavy atom. The molecule has 0 heterocycles. The SMILES string of the molecule is CC(C)(C)C1=CC2=CC(C(=O)c3cccc4ccccc34)=C3C=C(C(C)(C)C)C=C4C=CC(=C1)[C@@]2(C)[C@]43C. The van der Waals surface area contributed by atoms with Gasteiger partial charge in [-0.15, -0.1) is 0 Å². The maximum Gasteiger partial charge on any atom is 0.193 e. The van der Waals surface area contributed by atoms with Crippen molar-refractivity contribution in [2.24, 2.45) is 21.7 Å². The molecule has 2 atom stereocenters. The van der Waals surface area contributed by atoms with Crippen LogP contribution in [-0.4, -0.2) is 5.78 Å². The van der Waals surface area contributed by atoms with Gasteiger partial charge in [0.15, 0.2) is 5.78 Å². The van der Waals surface area contributed by atoms with Gasteiger partial charge in [-0.1, -0.05) is 134 Å². The lowest BCUT2D eigenvalue weighted by Gasteiger charge is -2.58. The van der Waals surface area contributed by atoms with Crippen molar-refractivity contribution in [3.05, 3.63) is 130 Å². The molecule has 0 unspecified atom stereocenters. The first kappa shape index (κ1) is 24.9. The van der Waals surface area contributed by atoms with Gasteiger partial charge in [0.1, 0.15) is 0 Å². The second kappa shape index (κ2) is 7.79. The monoisotopic (exact) mass is 498 g/mol. The number of rotatable bonds is 2. The maximum atomic E-state index is 14.6. The van der Waals surface area contributed by atoms with Crippen LogP contribution in [0.15, 0.2) is 124 Å². The number of fused-ring (bicyclic) bond motifs is 1. The molecule has 2 aromatic carbocycles. The highest BCUT2D eigenvalue weighted by Gasteiger charge is 2.58. The Morgan fingerprint density at radius 3 is 1.87 bits per heavy atom. The predicted molar refractivity (Wildman–Crippen MR) is 160 cm³/mol. The first-order valence-corrected chi connectivity index (χ1v) is 13.8. The molecule has 1 heteroatoms. The minimum atomic E-state index is -0.345. The van der Waals surface area contributed by atoms with E-state index >= 15 is 0 Å². The molecule has 0 aliphatic heterocycles. The molecule has 0 aromatic heterocycles. The highest BCUT2D eigenvalue weighted by Crippen LogP contribution is 2.67. The van der Waals surface area contributed by atoms with Crippen molar-refractivity contribution >= 4 is 16.6 Å². The van der Waals surface area contributed by atoms with Gasteiger partial charge in [0.2, 0.25) is 0 Å². The molecule has 0 saturated carbocycles. The van der Waals surface area contributed by atoms with Crippen LogP contribution in [0.3, 0.4) is 0 Å². The minimum absolute atomic E-state index is 0.00962. The number of benzene rings is 2. The average molecular weight is 499 g/mol. The molecule has 0 N–H and O–H groups in total. The molecule has 2 aromatic rings. The average Bonchev–Trinajstić information content (AvgIpc) is 2.85. The Bertz CT molecular complexity index is 1640. The highest BCUT2D eigenvalue weighted by atomic mass is 16.1. The maximum absolute atomic E-state index is 14.6. The van der Waals surface area contributed by atoms with Gasteiger partial charge in [0.25, 0.3) is 0 Å². The van der Waals surface area contributed by atoms with E-state index in [9.17, 15) is 4.79 Å². The van der Waals surface area contributed by atoms with Crippen molar-refractivity contribution < 1.29 is 4.79 Å². The van der Waals surface area contributed by atoms with Gasteiger partial charge < -0.3 is 0 Å². The number of ketones is 1. The van der Waals surface area contributed by atoms with E-state index in [-0.39, 0.29) is 27.4 Å². The third-order valence-corrected chi connectivity index (χ3v) is 9.55. The van der Waals surface area contributed by atoms with Crippen LogP contribution < -0.4 is 0 Å². The third kappa shape index (κ3) is 3.27. The zero-order valence-electron chi connectivity index (χ0n) is 24.0. The number of hydrogen-bond acceptors (Lipinski definition) is 1. The number of carbonyl (C=O) groups is 1. The summed E-state index contributed by atoms with van der Waals surface area (Å²) in [5, 5.41) is 2.10. The van der Waals surface area contributed by atoms with E-state index in [1.165, 1.54) is 27.9 Å². The molecule has 4 aliphatic rings. The van der Waals surface area contributed by atoms with Crippen LogP contribution >= 0.6 is 0 Å². The van der Waals surface area contributed by atoms with Gasteiger partial charge in [-0.25, -0.2) is 0 Å². The van der Waals surface area contributed by atoms with Gasteiger partial charge >= 0.3 is 0 Å². The Balaban J connectivity index is 1.70.